The first-order valence-electron chi connectivity index (χ1n) is 10.0. The van der Waals surface area contributed by atoms with Crippen LogP contribution in [0.15, 0.2) is 45.6 Å². The number of aliphatic hydroxyl groups excluding tert-OH is 2. The Balaban J connectivity index is 0.000000207. The summed E-state index contributed by atoms with van der Waals surface area (Å²) in [7, 11) is 0. The summed E-state index contributed by atoms with van der Waals surface area (Å²) >= 11 is 6.72. The predicted octanol–water partition coefficient (Wildman–Crippen LogP) is 4.78. The number of pyridine rings is 2. The van der Waals surface area contributed by atoms with Crippen LogP contribution in [0, 0.1) is 0 Å². The van der Waals surface area contributed by atoms with E-state index in [0.717, 1.165) is 53.1 Å². The number of rotatable bonds is 7. The molecule has 0 saturated carbocycles. The normalized spacial score (nSPS) is 20.6. The summed E-state index contributed by atoms with van der Waals surface area (Å²) in [6.45, 7) is 5.94. The second-order valence-electron chi connectivity index (χ2n) is 7.39. The van der Waals surface area contributed by atoms with Crippen molar-refractivity contribution in [1.29, 1.82) is 0 Å². The van der Waals surface area contributed by atoms with Crippen LogP contribution in [0.1, 0.15) is 50.9 Å². The van der Waals surface area contributed by atoms with Gasteiger partial charge in [-0.05, 0) is 81.8 Å². The maximum Gasteiger partial charge on any atom is 0.106 e. The number of ether oxygens (including phenoxy) is 1. The molecule has 29 heavy (non-hydrogen) atoms. The van der Waals surface area contributed by atoms with Crippen LogP contribution in [0.2, 0.25) is 0 Å². The molecule has 1 fully saturated rings. The van der Waals surface area contributed by atoms with Crippen molar-refractivity contribution in [3.05, 3.63) is 57.0 Å². The van der Waals surface area contributed by atoms with Crippen LogP contribution in [0.25, 0.3) is 0 Å². The number of nitrogens with zero attached hydrogens (tertiary/aromatic N) is 2. The Morgan fingerprint density at radius 2 is 1.76 bits per heavy atom. The van der Waals surface area contributed by atoms with Crippen LogP contribution in [-0.4, -0.2) is 46.6 Å². The fourth-order valence-corrected chi connectivity index (χ4v) is 4.34. The number of hydrogen-bond acceptors (Lipinski definition) is 5. The van der Waals surface area contributed by atoms with Crippen LogP contribution in [0.4, 0.5) is 0 Å². The summed E-state index contributed by atoms with van der Waals surface area (Å²) in [6.07, 6.45) is 3.47. The molecule has 0 amide bonds. The standard InChI is InChI=1S/C11H16BrNO2.C11H14BrNO/c1-2-11(8-15,6-7-14)9-4-3-5-10(12)13-9;1-2-11(6-7-14-8-11)9-4-3-5-10(12)13-9/h3-5,14-15H,2,6-8H2,1H3;3-5H,2,6-8H2,1H3/t;11-/m.1/s1. The molecule has 3 heterocycles. The first kappa shape index (κ1) is 24.4. The quantitative estimate of drug-likeness (QED) is 0.505. The molecule has 0 aromatic carbocycles. The zero-order valence-electron chi connectivity index (χ0n) is 17.1. The highest BCUT2D eigenvalue weighted by atomic mass is 79.9. The van der Waals surface area contributed by atoms with Crippen molar-refractivity contribution < 1.29 is 14.9 Å². The molecule has 5 nitrogen and oxygen atoms in total. The molecular weight excluding hydrogens is 500 g/mol. The smallest absolute Gasteiger partial charge is 0.106 e. The van der Waals surface area contributed by atoms with E-state index in [9.17, 15) is 5.11 Å². The first-order chi connectivity index (χ1) is 13.9. The second kappa shape index (κ2) is 11.5. The van der Waals surface area contributed by atoms with Gasteiger partial charge in [-0.25, -0.2) is 9.97 Å². The zero-order chi connectivity index (χ0) is 21.3. The van der Waals surface area contributed by atoms with E-state index < -0.39 is 5.41 Å². The molecule has 2 N–H and O–H groups in total. The SMILES string of the molecule is CCC(CO)(CCO)c1cccc(Br)n1.CC[C@@]1(c2cccc(Br)n2)CCOC1. The average Bonchev–Trinajstić information content (AvgIpc) is 3.23. The van der Waals surface area contributed by atoms with Crippen LogP contribution < -0.4 is 0 Å². The van der Waals surface area contributed by atoms with Gasteiger partial charge < -0.3 is 14.9 Å². The van der Waals surface area contributed by atoms with Gasteiger partial charge in [0.2, 0.25) is 0 Å². The van der Waals surface area contributed by atoms with E-state index >= 15 is 0 Å². The van der Waals surface area contributed by atoms with Gasteiger partial charge in [0.25, 0.3) is 0 Å². The van der Waals surface area contributed by atoms with E-state index in [0.29, 0.717) is 6.42 Å². The molecule has 160 valence electrons. The Morgan fingerprint density at radius 1 is 1.07 bits per heavy atom. The number of aromatic nitrogens is 2. The zero-order valence-corrected chi connectivity index (χ0v) is 20.2. The van der Waals surface area contributed by atoms with E-state index in [1.165, 1.54) is 0 Å². The minimum Gasteiger partial charge on any atom is -0.396 e. The van der Waals surface area contributed by atoms with Crippen LogP contribution in [-0.2, 0) is 15.6 Å². The van der Waals surface area contributed by atoms with E-state index in [4.69, 9.17) is 9.84 Å². The number of hydrogen-bond donors (Lipinski definition) is 2. The Bertz CT molecular complexity index is 763. The van der Waals surface area contributed by atoms with Gasteiger partial charge in [-0.15, -0.1) is 0 Å². The molecule has 2 aromatic rings. The van der Waals surface area contributed by atoms with E-state index in [1.807, 2.05) is 37.3 Å². The first-order valence-corrected chi connectivity index (χ1v) is 11.6. The molecule has 1 aliphatic heterocycles. The average molecular weight is 530 g/mol. The molecule has 1 unspecified atom stereocenters. The van der Waals surface area contributed by atoms with Gasteiger partial charge in [0, 0.05) is 24.0 Å². The Morgan fingerprint density at radius 3 is 2.24 bits per heavy atom. The molecule has 2 aromatic heterocycles. The van der Waals surface area contributed by atoms with Crippen LogP contribution in [0.3, 0.4) is 0 Å². The summed E-state index contributed by atoms with van der Waals surface area (Å²) < 4.78 is 7.16. The van der Waals surface area contributed by atoms with Crippen LogP contribution >= 0.6 is 31.9 Å². The second-order valence-corrected chi connectivity index (χ2v) is 9.02. The summed E-state index contributed by atoms with van der Waals surface area (Å²) in [4.78, 5) is 8.89. The lowest BCUT2D eigenvalue weighted by Gasteiger charge is -2.29. The summed E-state index contributed by atoms with van der Waals surface area (Å²) in [5.74, 6) is 0. The highest BCUT2D eigenvalue weighted by Gasteiger charge is 2.36. The molecule has 3 rings (SSSR count). The van der Waals surface area contributed by atoms with Crippen molar-refractivity contribution in [2.75, 3.05) is 26.4 Å². The van der Waals surface area contributed by atoms with Crippen molar-refractivity contribution in [3.8, 4) is 0 Å². The fraction of sp³-hybridized carbons (Fsp3) is 0.545. The third-order valence-corrected chi connectivity index (χ3v) is 6.75. The minimum absolute atomic E-state index is 0.00745. The Kier molecular flexibility index (Phi) is 9.69. The number of halogens is 2. The van der Waals surface area contributed by atoms with Gasteiger partial charge in [-0.1, -0.05) is 26.0 Å². The molecular formula is C22H30Br2N2O3. The third-order valence-electron chi connectivity index (χ3n) is 5.87. The van der Waals surface area contributed by atoms with Crippen molar-refractivity contribution >= 4 is 31.9 Å². The molecule has 1 saturated heterocycles. The van der Waals surface area contributed by atoms with Crippen molar-refractivity contribution in [3.63, 3.8) is 0 Å². The molecule has 7 heteroatoms. The fourth-order valence-electron chi connectivity index (χ4n) is 3.65. The minimum atomic E-state index is -0.418. The summed E-state index contributed by atoms with van der Waals surface area (Å²) in [5, 5.41) is 18.5. The third kappa shape index (κ3) is 6.07. The van der Waals surface area contributed by atoms with Crippen molar-refractivity contribution in [2.24, 2.45) is 0 Å². The van der Waals surface area contributed by atoms with Gasteiger partial charge in [-0.3, -0.25) is 0 Å². The van der Waals surface area contributed by atoms with Gasteiger partial charge >= 0.3 is 0 Å². The van der Waals surface area contributed by atoms with Gasteiger partial charge in [0.05, 0.1) is 24.6 Å². The Labute approximate surface area is 190 Å². The van der Waals surface area contributed by atoms with Gasteiger partial charge in [0.1, 0.15) is 9.21 Å². The molecule has 0 bridgehead atoms. The maximum absolute atomic E-state index is 9.49. The van der Waals surface area contributed by atoms with Gasteiger partial charge in [-0.2, -0.15) is 0 Å². The monoisotopic (exact) mass is 528 g/mol. The lowest BCUT2D eigenvalue weighted by molar-refractivity contribution is 0.145. The highest BCUT2D eigenvalue weighted by Crippen LogP contribution is 2.35. The lowest BCUT2D eigenvalue weighted by Crippen LogP contribution is -2.32. The molecule has 0 aliphatic carbocycles. The number of aliphatic hydroxyl groups is 2. The van der Waals surface area contributed by atoms with Gasteiger partial charge in [0.15, 0.2) is 0 Å². The largest absolute Gasteiger partial charge is 0.396 e. The van der Waals surface area contributed by atoms with E-state index in [2.05, 4.69) is 54.8 Å². The molecule has 1 aliphatic rings. The van der Waals surface area contributed by atoms with E-state index in [1.54, 1.807) is 0 Å². The highest BCUT2D eigenvalue weighted by molar-refractivity contribution is 9.10. The Hall–Kier alpha value is -0.860. The molecule has 0 spiro atoms. The van der Waals surface area contributed by atoms with Crippen molar-refractivity contribution in [1.82, 2.24) is 9.97 Å². The topological polar surface area (TPSA) is 75.5 Å². The molecule has 0 radical (unpaired) electrons. The molecule has 2 atom stereocenters. The van der Waals surface area contributed by atoms with Crippen LogP contribution in [0.5, 0.6) is 0 Å². The summed E-state index contributed by atoms with van der Waals surface area (Å²) in [5.41, 5.74) is 1.73. The predicted molar refractivity (Wildman–Crippen MR) is 122 cm³/mol. The van der Waals surface area contributed by atoms with Crippen molar-refractivity contribution in [2.45, 2.75) is 50.4 Å². The lowest BCUT2D eigenvalue weighted by atomic mass is 9.79. The maximum atomic E-state index is 9.49. The van der Waals surface area contributed by atoms with E-state index in [-0.39, 0.29) is 18.6 Å². The summed E-state index contributed by atoms with van der Waals surface area (Å²) in [6, 6.07) is 11.7.